The largest absolute Gasteiger partial charge is 0.340 e. The Hall–Kier alpha value is -2.95. The molecule has 0 bridgehead atoms. The first kappa shape index (κ1) is 23.7. The number of carbonyl (C=O) groups excluding carboxylic acids is 1. The van der Waals surface area contributed by atoms with Gasteiger partial charge in [-0.3, -0.25) is 14.3 Å². The van der Waals surface area contributed by atoms with Gasteiger partial charge in [0.15, 0.2) is 11.0 Å². The third kappa shape index (κ3) is 6.52. The molecular weight excluding hydrogens is 429 g/mol. The lowest BCUT2D eigenvalue weighted by atomic mass is 10.1. The van der Waals surface area contributed by atoms with Crippen molar-refractivity contribution in [1.29, 1.82) is 10.5 Å². The molecule has 1 aromatic carbocycles. The molecule has 1 saturated heterocycles. The van der Waals surface area contributed by atoms with Crippen LogP contribution in [0.25, 0.3) is 5.69 Å². The van der Waals surface area contributed by atoms with Crippen LogP contribution >= 0.6 is 11.8 Å². The molecule has 3 rings (SSSR count). The maximum Gasteiger partial charge on any atom is 0.233 e. The molecule has 2 aromatic rings. The lowest BCUT2D eigenvalue weighted by Crippen LogP contribution is -2.34. The Morgan fingerprint density at radius 2 is 1.72 bits per heavy atom. The van der Waals surface area contributed by atoms with Gasteiger partial charge in [0.1, 0.15) is 5.82 Å². The molecule has 0 aliphatic carbocycles. The molecule has 0 saturated carbocycles. The fourth-order valence-electron chi connectivity index (χ4n) is 3.61. The van der Waals surface area contributed by atoms with E-state index in [0.29, 0.717) is 24.8 Å². The molecule has 0 radical (unpaired) electrons. The summed E-state index contributed by atoms with van der Waals surface area (Å²) in [7, 11) is 0. The Labute approximate surface area is 191 Å². The number of nitriles is 2. The fourth-order valence-corrected chi connectivity index (χ4v) is 4.49. The van der Waals surface area contributed by atoms with E-state index in [9.17, 15) is 9.18 Å². The van der Waals surface area contributed by atoms with Crippen LogP contribution in [0.3, 0.4) is 0 Å². The van der Waals surface area contributed by atoms with Crippen molar-refractivity contribution in [2.24, 2.45) is 0 Å². The number of benzene rings is 1. The number of amides is 1. The molecule has 0 N–H and O–H groups in total. The normalized spacial score (nSPS) is 14.0. The average molecular weight is 456 g/mol. The minimum absolute atomic E-state index is 0.111. The summed E-state index contributed by atoms with van der Waals surface area (Å²) in [6.45, 7) is 3.23. The van der Waals surface area contributed by atoms with E-state index in [-0.39, 0.29) is 30.3 Å². The summed E-state index contributed by atoms with van der Waals surface area (Å²) in [4.78, 5) is 16.6. The highest BCUT2D eigenvalue weighted by atomic mass is 32.2. The first-order chi connectivity index (χ1) is 15.6. The zero-order valence-corrected chi connectivity index (χ0v) is 18.7. The number of aromatic nitrogens is 3. The fraction of sp³-hybridized carbons (Fsp3) is 0.500. The molecule has 2 heterocycles. The van der Waals surface area contributed by atoms with E-state index >= 15 is 0 Å². The number of carbonyl (C=O) groups is 1. The third-order valence-corrected chi connectivity index (χ3v) is 6.18. The van der Waals surface area contributed by atoms with E-state index in [2.05, 4.69) is 15.1 Å². The molecular formula is C22H26FN7OS. The Balaban J connectivity index is 1.77. The lowest BCUT2D eigenvalue weighted by Gasteiger charge is -2.26. The first-order valence-corrected chi connectivity index (χ1v) is 11.7. The third-order valence-electron chi connectivity index (χ3n) is 5.26. The van der Waals surface area contributed by atoms with Crippen LogP contribution in [0.4, 0.5) is 4.39 Å². The van der Waals surface area contributed by atoms with E-state index in [0.717, 1.165) is 37.4 Å². The predicted molar refractivity (Wildman–Crippen MR) is 118 cm³/mol. The molecule has 8 nitrogen and oxygen atoms in total. The molecule has 168 valence electrons. The maximum atomic E-state index is 13.5. The Morgan fingerprint density at radius 1 is 1.06 bits per heavy atom. The number of hydrogen-bond donors (Lipinski definition) is 0. The standard InChI is InChI=1S/C22H26FN7OS/c23-18-6-8-19(9-7-18)30-20(16-28-12-2-1-3-13-28)26-27-22(30)32-17-21(31)29(14-4-10-24)15-5-11-25/h6-9H,1-5,12-17H2. The smallest absolute Gasteiger partial charge is 0.233 e. The molecule has 0 atom stereocenters. The van der Waals surface area contributed by atoms with Crippen LogP contribution in [0.15, 0.2) is 29.4 Å². The second kappa shape index (κ2) is 12.2. The van der Waals surface area contributed by atoms with E-state index in [1.54, 1.807) is 12.1 Å². The average Bonchev–Trinajstić information content (AvgIpc) is 3.21. The minimum Gasteiger partial charge on any atom is -0.340 e. The second-order valence-corrected chi connectivity index (χ2v) is 8.48. The van der Waals surface area contributed by atoms with Crippen molar-refractivity contribution in [1.82, 2.24) is 24.6 Å². The van der Waals surface area contributed by atoms with Gasteiger partial charge >= 0.3 is 0 Å². The van der Waals surface area contributed by atoms with Crippen molar-refractivity contribution in [3.05, 3.63) is 35.9 Å². The number of thioether (sulfide) groups is 1. The van der Waals surface area contributed by atoms with Gasteiger partial charge in [-0.05, 0) is 50.2 Å². The SMILES string of the molecule is N#CCCN(CCC#N)C(=O)CSc1nnc(CN2CCCCC2)n1-c1ccc(F)cc1. The lowest BCUT2D eigenvalue weighted by molar-refractivity contribution is -0.128. The van der Waals surface area contributed by atoms with Crippen LogP contribution in [0.1, 0.15) is 37.9 Å². The Kier molecular flexibility index (Phi) is 9.02. The quantitative estimate of drug-likeness (QED) is 0.507. The van der Waals surface area contributed by atoms with E-state index < -0.39 is 0 Å². The molecule has 32 heavy (non-hydrogen) atoms. The summed E-state index contributed by atoms with van der Waals surface area (Å²) in [6.07, 6.45) is 3.98. The van der Waals surface area contributed by atoms with E-state index in [4.69, 9.17) is 10.5 Å². The van der Waals surface area contributed by atoms with Gasteiger partial charge in [-0.15, -0.1) is 10.2 Å². The summed E-state index contributed by atoms with van der Waals surface area (Å²) in [5, 5.41) is 26.9. The van der Waals surface area contributed by atoms with E-state index in [1.807, 2.05) is 16.7 Å². The zero-order valence-electron chi connectivity index (χ0n) is 17.9. The van der Waals surface area contributed by atoms with Crippen LogP contribution in [0.2, 0.25) is 0 Å². The number of halogens is 1. The monoisotopic (exact) mass is 455 g/mol. The molecule has 1 fully saturated rings. The van der Waals surface area contributed by atoms with Crippen molar-refractivity contribution < 1.29 is 9.18 Å². The van der Waals surface area contributed by atoms with Gasteiger partial charge < -0.3 is 4.90 Å². The van der Waals surface area contributed by atoms with Gasteiger partial charge in [0.05, 0.1) is 37.3 Å². The van der Waals surface area contributed by atoms with Crippen molar-refractivity contribution in [3.63, 3.8) is 0 Å². The molecule has 1 aliphatic heterocycles. The summed E-state index contributed by atoms with van der Waals surface area (Å²) in [5.41, 5.74) is 0.740. The summed E-state index contributed by atoms with van der Waals surface area (Å²) >= 11 is 1.25. The number of rotatable bonds is 10. The summed E-state index contributed by atoms with van der Waals surface area (Å²) < 4.78 is 15.4. The van der Waals surface area contributed by atoms with Gasteiger partial charge in [-0.1, -0.05) is 18.2 Å². The van der Waals surface area contributed by atoms with Gasteiger partial charge in [-0.2, -0.15) is 10.5 Å². The molecule has 0 unspecified atom stereocenters. The highest BCUT2D eigenvalue weighted by Crippen LogP contribution is 2.24. The van der Waals surface area contributed by atoms with Crippen molar-refractivity contribution in [2.75, 3.05) is 31.9 Å². The Bertz CT molecular complexity index is 956. The minimum atomic E-state index is -0.325. The molecule has 1 aliphatic rings. The van der Waals surface area contributed by atoms with Crippen LogP contribution in [-0.2, 0) is 11.3 Å². The van der Waals surface area contributed by atoms with Gasteiger partial charge in [0.2, 0.25) is 5.91 Å². The van der Waals surface area contributed by atoms with Crippen LogP contribution < -0.4 is 0 Å². The topological polar surface area (TPSA) is 102 Å². The molecule has 10 heteroatoms. The maximum absolute atomic E-state index is 13.5. The number of likely N-dealkylation sites (tertiary alicyclic amines) is 1. The summed E-state index contributed by atoms with van der Waals surface area (Å²) in [5.74, 6) is 0.375. The molecule has 0 spiro atoms. The van der Waals surface area contributed by atoms with Crippen molar-refractivity contribution in [3.8, 4) is 17.8 Å². The van der Waals surface area contributed by atoms with Gasteiger partial charge in [0, 0.05) is 18.8 Å². The highest BCUT2D eigenvalue weighted by Gasteiger charge is 2.21. The van der Waals surface area contributed by atoms with Crippen LogP contribution in [0, 0.1) is 28.5 Å². The van der Waals surface area contributed by atoms with Crippen LogP contribution in [-0.4, -0.2) is 62.4 Å². The Morgan fingerprint density at radius 3 is 2.34 bits per heavy atom. The second-order valence-electron chi connectivity index (χ2n) is 7.53. The summed E-state index contributed by atoms with van der Waals surface area (Å²) in [6, 6.07) is 10.2. The van der Waals surface area contributed by atoms with Crippen molar-refractivity contribution in [2.45, 2.75) is 43.8 Å². The van der Waals surface area contributed by atoms with Crippen LogP contribution in [0.5, 0.6) is 0 Å². The number of hydrogen-bond acceptors (Lipinski definition) is 7. The van der Waals surface area contributed by atoms with E-state index in [1.165, 1.54) is 35.2 Å². The number of piperidine rings is 1. The molecule has 1 amide bonds. The van der Waals surface area contributed by atoms with Gasteiger partial charge in [-0.25, -0.2) is 4.39 Å². The number of nitrogens with zero attached hydrogens (tertiary/aromatic N) is 7. The first-order valence-electron chi connectivity index (χ1n) is 10.7. The zero-order chi connectivity index (χ0) is 22.8. The van der Waals surface area contributed by atoms with Gasteiger partial charge in [0.25, 0.3) is 0 Å². The predicted octanol–water partition coefficient (Wildman–Crippen LogP) is 3.14. The van der Waals surface area contributed by atoms with Crippen molar-refractivity contribution >= 4 is 17.7 Å². The highest BCUT2D eigenvalue weighted by molar-refractivity contribution is 7.99. The molecule has 1 aromatic heterocycles.